The molecule has 37 heavy (non-hydrogen) atoms. The Morgan fingerprint density at radius 2 is 1.73 bits per heavy atom. The molecule has 0 saturated carbocycles. The summed E-state index contributed by atoms with van der Waals surface area (Å²) in [5, 5.41) is 3.19. The minimum Gasteiger partial charge on any atom is -0.492 e. The van der Waals surface area contributed by atoms with Gasteiger partial charge in [0.1, 0.15) is 17.9 Å². The first-order valence-electron chi connectivity index (χ1n) is 12.2. The Kier molecular flexibility index (Phi) is 6.60. The van der Waals surface area contributed by atoms with E-state index >= 15 is 0 Å². The first-order chi connectivity index (χ1) is 17.9. The number of para-hydroxylation sites is 1. The third-order valence-corrected chi connectivity index (χ3v) is 6.41. The minimum atomic E-state index is -0.757. The number of ether oxygens (including phenoxy) is 1. The highest BCUT2D eigenvalue weighted by Crippen LogP contribution is 2.27. The SMILES string of the molecule is CCc1ccc(N2C(=O)NC(=O)/C(=C/c3cn(CCOc4cccc(C)c4)c4ccccc34)C2=O)cc1. The largest absolute Gasteiger partial charge is 0.492 e. The van der Waals surface area contributed by atoms with Crippen molar-refractivity contribution in [1.82, 2.24) is 9.88 Å². The van der Waals surface area contributed by atoms with Crippen LogP contribution >= 0.6 is 0 Å². The molecule has 0 radical (unpaired) electrons. The zero-order valence-electron chi connectivity index (χ0n) is 20.7. The molecule has 4 aromatic rings. The van der Waals surface area contributed by atoms with Gasteiger partial charge in [-0.1, -0.05) is 49.4 Å². The molecule has 0 bridgehead atoms. The maximum atomic E-state index is 13.4. The number of nitrogens with one attached hydrogen (secondary N) is 1. The fourth-order valence-electron chi connectivity index (χ4n) is 4.47. The fourth-order valence-corrected chi connectivity index (χ4v) is 4.47. The van der Waals surface area contributed by atoms with Crippen molar-refractivity contribution < 1.29 is 19.1 Å². The number of aryl methyl sites for hydroxylation is 2. The van der Waals surface area contributed by atoms with Gasteiger partial charge in [0.15, 0.2) is 0 Å². The molecule has 1 saturated heterocycles. The number of carbonyl (C=O) groups is 3. The molecule has 7 nitrogen and oxygen atoms in total. The third kappa shape index (κ3) is 4.89. The second kappa shape index (κ2) is 10.1. The van der Waals surface area contributed by atoms with Gasteiger partial charge in [-0.05, 0) is 60.9 Å². The topological polar surface area (TPSA) is 80.6 Å². The van der Waals surface area contributed by atoms with Gasteiger partial charge in [0.2, 0.25) is 0 Å². The molecule has 3 aromatic carbocycles. The van der Waals surface area contributed by atoms with Crippen LogP contribution < -0.4 is 15.0 Å². The summed E-state index contributed by atoms with van der Waals surface area (Å²) in [6.07, 6.45) is 4.29. The van der Waals surface area contributed by atoms with E-state index in [1.807, 2.05) is 85.3 Å². The van der Waals surface area contributed by atoms with Crippen LogP contribution in [0.3, 0.4) is 0 Å². The number of rotatable bonds is 7. The van der Waals surface area contributed by atoms with Crippen molar-refractivity contribution in [3.05, 3.63) is 101 Å². The number of anilines is 1. The Hall–Kier alpha value is -4.65. The van der Waals surface area contributed by atoms with Crippen LogP contribution in [0.4, 0.5) is 10.5 Å². The molecule has 0 aliphatic carbocycles. The average Bonchev–Trinajstić information content (AvgIpc) is 3.24. The van der Waals surface area contributed by atoms with Crippen LogP contribution in [0.25, 0.3) is 17.0 Å². The molecule has 0 spiro atoms. The molecule has 5 rings (SSSR count). The maximum absolute atomic E-state index is 13.4. The van der Waals surface area contributed by atoms with Crippen LogP contribution in [-0.4, -0.2) is 29.0 Å². The Bertz CT molecular complexity index is 1530. The van der Waals surface area contributed by atoms with E-state index in [-0.39, 0.29) is 5.57 Å². The molecular formula is C30H27N3O4. The number of benzene rings is 3. The fraction of sp³-hybridized carbons (Fsp3) is 0.167. The van der Waals surface area contributed by atoms with Gasteiger partial charge in [-0.2, -0.15) is 0 Å². The van der Waals surface area contributed by atoms with E-state index in [2.05, 4.69) is 5.32 Å². The summed E-state index contributed by atoms with van der Waals surface area (Å²) < 4.78 is 7.96. The third-order valence-electron chi connectivity index (χ3n) is 6.41. The summed E-state index contributed by atoms with van der Waals surface area (Å²) in [4.78, 5) is 39.6. The predicted octanol–water partition coefficient (Wildman–Crippen LogP) is 5.26. The molecule has 2 heterocycles. The first kappa shape index (κ1) is 24.1. The van der Waals surface area contributed by atoms with Gasteiger partial charge < -0.3 is 9.30 Å². The van der Waals surface area contributed by atoms with E-state index in [4.69, 9.17) is 4.74 Å². The lowest BCUT2D eigenvalue weighted by atomic mass is 10.1. The zero-order chi connectivity index (χ0) is 25.9. The molecule has 7 heteroatoms. The second-order valence-electron chi connectivity index (χ2n) is 8.94. The van der Waals surface area contributed by atoms with Gasteiger partial charge >= 0.3 is 6.03 Å². The lowest BCUT2D eigenvalue weighted by molar-refractivity contribution is -0.122. The smallest absolute Gasteiger partial charge is 0.335 e. The Morgan fingerprint density at radius 1 is 0.946 bits per heavy atom. The standard InChI is InChI=1S/C30H27N3O4/c1-3-21-11-13-23(14-12-21)33-29(35)26(28(34)31-30(33)36)18-22-19-32(27-10-5-4-9-25(22)27)15-16-37-24-8-6-7-20(2)17-24/h4-14,17-19H,3,15-16H2,1-2H3,(H,31,34,36)/b26-18-. The number of amides is 4. The minimum absolute atomic E-state index is 0.0990. The van der Waals surface area contributed by atoms with Crippen LogP contribution in [0.15, 0.2) is 84.6 Å². The summed E-state index contributed by atoms with van der Waals surface area (Å²) in [5.74, 6) is -0.561. The van der Waals surface area contributed by atoms with E-state index in [1.54, 1.807) is 18.2 Å². The summed E-state index contributed by atoms with van der Waals surface area (Å²) in [7, 11) is 0. The predicted molar refractivity (Wildman–Crippen MR) is 143 cm³/mol. The number of aromatic nitrogens is 1. The maximum Gasteiger partial charge on any atom is 0.335 e. The van der Waals surface area contributed by atoms with Gasteiger partial charge in [-0.3, -0.25) is 14.9 Å². The molecule has 1 fully saturated rings. The number of nitrogens with zero attached hydrogens (tertiary/aromatic N) is 2. The number of urea groups is 1. The van der Waals surface area contributed by atoms with Crippen molar-refractivity contribution >= 4 is 40.5 Å². The van der Waals surface area contributed by atoms with Gasteiger partial charge in [0, 0.05) is 22.7 Å². The molecule has 1 N–H and O–H groups in total. The van der Waals surface area contributed by atoms with Crippen LogP contribution in [0.2, 0.25) is 0 Å². The number of hydrogen-bond acceptors (Lipinski definition) is 4. The molecule has 1 aliphatic rings. The lowest BCUT2D eigenvalue weighted by Gasteiger charge is -2.26. The number of hydrogen-bond donors (Lipinski definition) is 1. The van der Waals surface area contributed by atoms with E-state index in [0.717, 1.165) is 39.1 Å². The first-order valence-corrected chi connectivity index (χ1v) is 12.2. The van der Waals surface area contributed by atoms with E-state index in [9.17, 15) is 14.4 Å². The Balaban J connectivity index is 1.44. The summed E-state index contributed by atoms with van der Waals surface area (Å²) in [5.41, 5.74) is 4.18. The van der Waals surface area contributed by atoms with Gasteiger partial charge in [0.25, 0.3) is 11.8 Å². The molecule has 0 unspecified atom stereocenters. The van der Waals surface area contributed by atoms with Crippen molar-refractivity contribution in [2.75, 3.05) is 11.5 Å². The highest BCUT2D eigenvalue weighted by atomic mass is 16.5. The molecular weight excluding hydrogens is 466 g/mol. The average molecular weight is 494 g/mol. The van der Waals surface area contributed by atoms with Crippen molar-refractivity contribution in [3.8, 4) is 5.75 Å². The second-order valence-corrected chi connectivity index (χ2v) is 8.94. The van der Waals surface area contributed by atoms with Gasteiger partial charge in [0.05, 0.1) is 12.2 Å². The van der Waals surface area contributed by atoms with Crippen molar-refractivity contribution in [3.63, 3.8) is 0 Å². The quantitative estimate of drug-likeness (QED) is 0.281. The Morgan fingerprint density at radius 3 is 2.49 bits per heavy atom. The van der Waals surface area contributed by atoms with E-state index in [0.29, 0.717) is 24.4 Å². The monoisotopic (exact) mass is 493 g/mol. The number of fused-ring (bicyclic) bond motifs is 1. The van der Waals surface area contributed by atoms with Crippen LogP contribution in [-0.2, 0) is 22.6 Å². The summed E-state index contributed by atoms with van der Waals surface area (Å²) in [6.45, 7) is 5.07. The summed E-state index contributed by atoms with van der Waals surface area (Å²) >= 11 is 0. The highest BCUT2D eigenvalue weighted by Gasteiger charge is 2.37. The number of carbonyl (C=O) groups excluding carboxylic acids is 3. The van der Waals surface area contributed by atoms with E-state index in [1.165, 1.54) is 0 Å². The van der Waals surface area contributed by atoms with Crippen LogP contribution in [0.5, 0.6) is 5.75 Å². The zero-order valence-corrected chi connectivity index (χ0v) is 20.7. The van der Waals surface area contributed by atoms with Crippen molar-refractivity contribution in [2.24, 2.45) is 0 Å². The normalized spacial score (nSPS) is 14.9. The lowest BCUT2D eigenvalue weighted by Crippen LogP contribution is -2.54. The molecule has 186 valence electrons. The van der Waals surface area contributed by atoms with Crippen molar-refractivity contribution in [2.45, 2.75) is 26.8 Å². The molecule has 1 aromatic heterocycles. The molecule has 0 atom stereocenters. The highest BCUT2D eigenvalue weighted by molar-refractivity contribution is 6.39. The van der Waals surface area contributed by atoms with Gasteiger partial charge in [-0.15, -0.1) is 0 Å². The van der Waals surface area contributed by atoms with Crippen LogP contribution in [0.1, 0.15) is 23.6 Å². The number of imide groups is 2. The number of barbiturate groups is 1. The summed E-state index contributed by atoms with van der Waals surface area (Å²) in [6, 6.07) is 22.1. The van der Waals surface area contributed by atoms with Gasteiger partial charge in [-0.25, -0.2) is 9.69 Å². The van der Waals surface area contributed by atoms with E-state index < -0.39 is 17.8 Å². The van der Waals surface area contributed by atoms with Crippen LogP contribution in [0, 0.1) is 6.92 Å². The molecule has 4 amide bonds. The molecule has 1 aliphatic heterocycles. The van der Waals surface area contributed by atoms with Crippen molar-refractivity contribution in [1.29, 1.82) is 0 Å². The Labute approximate surface area is 215 Å².